The Morgan fingerprint density at radius 2 is 2.00 bits per heavy atom. The van der Waals surface area contributed by atoms with Crippen LogP contribution in [0.25, 0.3) is 0 Å². The predicted octanol–water partition coefficient (Wildman–Crippen LogP) is 2.87. The molecule has 2 amide bonds. The maximum absolute atomic E-state index is 12.2. The van der Waals surface area contributed by atoms with Gasteiger partial charge in [0, 0.05) is 5.56 Å². The van der Waals surface area contributed by atoms with E-state index in [1.165, 1.54) is 11.3 Å². The Balaban J connectivity index is 1.87. The van der Waals surface area contributed by atoms with Gasteiger partial charge in [-0.25, -0.2) is 0 Å². The topological polar surface area (TPSA) is 79.5 Å². The van der Waals surface area contributed by atoms with Gasteiger partial charge in [-0.15, -0.1) is 11.3 Å². The van der Waals surface area contributed by atoms with E-state index < -0.39 is 5.91 Å². The molecule has 0 unspecified atom stereocenters. The van der Waals surface area contributed by atoms with E-state index in [2.05, 4.69) is 16.2 Å². The van der Waals surface area contributed by atoms with Crippen molar-refractivity contribution in [1.29, 1.82) is 0 Å². The monoisotopic (exact) mass is 377 g/mol. The molecule has 1 heterocycles. The molecule has 8 heteroatoms. The number of amides is 2. The number of benzene rings is 1. The number of carbonyl (C=O) groups excluding carboxylic acids is 2. The van der Waals surface area contributed by atoms with Crippen molar-refractivity contribution >= 4 is 40.5 Å². The van der Waals surface area contributed by atoms with E-state index in [-0.39, 0.29) is 17.1 Å². The molecular formula is C17H19N3O3S2. The summed E-state index contributed by atoms with van der Waals surface area (Å²) in [5, 5.41) is 4.30. The van der Waals surface area contributed by atoms with E-state index in [4.69, 9.17) is 17.0 Å². The molecule has 0 aliphatic carbocycles. The molecule has 0 aliphatic rings. The first kappa shape index (κ1) is 18.9. The number of thiophene rings is 1. The molecular weight excluding hydrogens is 358 g/mol. The molecule has 0 bridgehead atoms. The van der Waals surface area contributed by atoms with Crippen LogP contribution in [0.15, 0.2) is 41.8 Å². The van der Waals surface area contributed by atoms with Gasteiger partial charge in [0.05, 0.1) is 11.0 Å². The summed E-state index contributed by atoms with van der Waals surface area (Å²) < 4.78 is 5.70. The number of hydrazine groups is 1. The van der Waals surface area contributed by atoms with Crippen LogP contribution in [-0.2, 0) is 0 Å². The number of hydrogen-bond donors (Lipinski definition) is 3. The maximum Gasteiger partial charge on any atom is 0.279 e. The van der Waals surface area contributed by atoms with Gasteiger partial charge < -0.3 is 4.74 Å². The fraction of sp³-hybridized carbons (Fsp3) is 0.235. The number of rotatable bonds is 5. The lowest BCUT2D eigenvalue weighted by molar-refractivity contribution is 0.0938. The van der Waals surface area contributed by atoms with Gasteiger partial charge in [0.25, 0.3) is 11.8 Å². The quantitative estimate of drug-likeness (QED) is 0.552. The second-order valence-electron chi connectivity index (χ2n) is 5.20. The molecule has 6 nitrogen and oxygen atoms in total. The molecule has 0 saturated carbocycles. The van der Waals surface area contributed by atoms with Crippen LogP contribution in [0.5, 0.6) is 5.75 Å². The lowest BCUT2D eigenvalue weighted by Gasteiger charge is -2.14. The van der Waals surface area contributed by atoms with Gasteiger partial charge in [0.1, 0.15) is 5.75 Å². The molecule has 25 heavy (non-hydrogen) atoms. The Bertz CT molecular complexity index is 747. The summed E-state index contributed by atoms with van der Waals surface area (Å²) in [7, 11) is 0. The number of carbonyl (C=O) groups is 2. The summed E-state index contributed by atoms with van der Waals surface area (Å²) in [5.74, 6) is -0.0973. The summed E-state index contributed by atoms with van der Waals surface area (Å²) in [6, 6.07) is 10.3. The maximum atomic E-state index is 12.2. The highest BCUT2D eigenvalue weighted by Crippen LogP contribution is 2.15. The number of thiocarbonyl (C=S) groups is 1. The highest BCUT2D eigenvalue weighted by molar-refractivity contribution is 7.80. The Kier molecular flexibility index (Phi) is 6.91. The average molecular weight is 377 g/mol. The van der Waals surface area contributed by atoms with Crippen molar-refractivity contribution in [2.75, 3.05) is 0 Å². The first-order valence-electron chi connectivity index (χ1n) is 7.71. The van der Waals surface area contributed by atoms with Crippen molar-refractivity contribution in [3.63, 3.8) is 0 Å². The van der Waals surface area contributed by atoms with Crippen LogP contribution in [0.3, 0.4) is 0 Å². The number of ether oxygens (including phenoxy) is 1. The van der Waals surface area contributed by atoms with Gasteiger partial charge in [0.15, 0.2) is 5.11 Å². The molecule has 0 radical (unpaired) electrons. The Morgan fingerprint density at radius 3 is 2.68 bits per heavy atom. The Morgan fingerprint density at radius 1 is 1.20 bits per heavy atom. The largest absolute Gasteiger partial charge is 0.491 e. The molecule has 0 saturated heterocycles. The third-order valence-electron chi connectivity index (χ3n) is 3.27. The summed E-state index contributed by atoms with van der Waals surface area (Å²) in [4.78, 5) is 24.6. The van der Waals surface area contributed by atoms with Gasteiger partial charge in [-0.2, -0.15) is 0 Å². The lowest BCUT2D eigenvalue weighted by Crippen LogP contribution is -2.48. The molecule has 2 aromatic rings. The van der Waals surface area contributed by atoms with Crippen molar-refractivity contribution in [3.8, 4) is 5.75 Å². The third-order valence-corrected chi connectivity index (χ3v) is 4.34. The van der Waals surface area contributed by atoms with Crippen LogP contribution in [0.4, 0.5) is 0 Å². The molecule has 2 rings (SSSR count). The second kappa shape index (κ2) is 9.14. The zero-order valence-electron chi connectivity index (χ0n) is 13.9. The molecule has 1 aromatic heterocycles. The molecule has 1 atom stereocenters. The Hall–Kier alpha value is -2.45. The minimum Gasteiger partial charge on any atom is -0.491 e. The molecule has 3 N–H and O–H groups in total. The summed E-state index contributed by atoms with van der Waals surface area (Å²) in [6.07, 6.45) is 0.933. The minimum absolute atomic E-state index is 0.00292. The van der Waals surface area contributed by atoms with E-state index >= 15 is 0 Å². The minimum atomic E-state index is -0.391. The van der Waals surface area contributed by atoms with Crippen LogP contribution in [0, 0.1) is 0 Å². The summed E-state index contributed by atoms with van der Waals surface area (Å²) in [6.45, 7) is 3.98. The smallest absolute Gasteiger partial charge is 0.279 e. The van der Waals surface area contributed by atoms with Gasteiger partial charge in [-0.3, -0.25) is 25.8 Å². The Labute approximate surface area is 155 Å². The highest BCUT2D eigenvalue weighted by atomic mass is 32.1. The first-order valence-corrected chi connectivity index (χ1v) is 9.00. The van der Waals surface area contributed by atoms with Gasteiger partial charge in [0.2, 0.25) is 0 Å². The van der Waals surface area contributed by atoms with Crippen molar-refractivity contribution in [3.05, 3.63) is 52.2 Å². The van der Waals surface area contributed by atoms with E-state index in [1.54, 1.807) is 41.8 Å². The van der Waals surface area contributed by atoms with E-state index in [0.29, 0.717) is 16.2 Å². The normalized spacial score (nSPS) is 11.3. The molecule has 132 valence electrons. The number of nitrogens with one attached hydrogen (secondary N) is 3. The summed E-state index contributed by atoms with van der Waals surface area (Å²) >= 11 is 6.32. The third kappa shape index (κ3) is 5.84. The molecule has 1 aromatic carbocycles. The fourth-order valence-electron chi connectivity index (χ4n) is 1.82. The van der Waals surface area contributed by atoms with Crippen LogP contribution < -0.4 is 20.9 Å². The molecule has 0 spiro atoms. The highest BCUT2D eigenvalue weighted by Gasteiger charge is 2.11. The van der Waals surface area contributed by atoms with Crippen LogP contribution in [-0.4, -0.2) is 23.0 Å². The fourth-order valence-corrected chi connectivity index (χ4v) is 2.58. The van der Waals surface area contributed by atoms with Gasteiger partial charge in [-0.1, -0.05) is 19.1 Å². The molecule has 0 aliphatic heterocycles. The van der Waals surface area contributed by atoms with Crippen molar-refractivity contribution in [1.82, 2.24) is 16.2 Å². The van der Waals surface area contributed by atoms with E-state index in [9.17, 15) is 9.59 Å². The van der Waals surface area contributed by atoms with E-state index in [1.807, 2.05) is 13.8 Å². The van der Waals surface area contributed by atoms with Crippen LogP contribution >= 0.6 is 23.6 Å². The first-order chi connectivity index (χ1) is 12.0. The van der Waals surface area contributed by atoms with E-state index in [0.717, 1.165) is 6.42 Å². The number of hydrogen-bond acceptors (Lipinski definition) is 5. The predicted molar refractivity (Wildman–Crippen MR) is 102 cm³/mol. The second-order valence-corrected chi connectivity index (χ2v) is 6.56. The SMILES string of the molecule is CC[C@H](C)Oc1cccc(C(=O)NC(=S)NNC(=O)c2cccs2)c1. The zero-order chi connectivity index (χ0) is 18.2. The molecule has 0 fully saturated rings. The van der Waals surface area contributed by atoms with Crippen molar-refractivity contribution in [2.45, 2.75) is 26.4 Å². The zero-order valence-corrected chi connectivity index (χ0v) is 15.5. The lowest BCUT2D eigenvalue weighted by atomic mass is 10.2. The summed E-state index contributed by atoms with van der Waals surface area (Å²) in [5.41, 5.74) is 5.34. The van der Waals surface area contributed by atoms with Crippen molar-refractivity contribution in [2.24, 2.45) is 0 Å². The van der Waals surface area contributed by atoms with Crippen LogP contribution in [0.1, 0.15) is 40.3 Å². The standard InChI is InChI=1S/C17H19N3O3S2/c1-3-11(2)23-13-7-4-6-12(10-13)15(21)18-17(24)20-19-16(22)14-8-5-9-25-14/h4-11H,3H2,1-2H3,(H,19,22)(H2,18,20,21,24)/t11-/m0/s1. The average Bonchev–Trinajstić information content (AvgIpc) is 3.14. The van der Waals surface area contributed by atoms with Crippen molar-refractivity contribution < 1.29 is 14.3 Å². The van der Waals surface area contributed by atoms with Crippen LogP contribution in [0.2, 0.25) is 0 Å². The van der Waals surface area contributed by atoms with Gasteiger partial charge in [-0.05, 0) is 55.2 Å². The van der Waals surface area contributed by atoms with Gasteiger partial charge >= 0.3 is 0 Å².